The van der Waals surface area contributed by atoms with Gasteiger partial charge in [-0.15, -0.1) is 24.0 Å². The highest BCUT2D eigenvalue weighted by Gasteiger charge is 2.32. The van der Waals surface area contributed by atoms with Gasteiger partial charge in [0.15, 0.2) is 5.96 Å². The van der Waals surface area contributed by atoms with Crippen molar-refractivity contribution in [3.8, 4) is 0 Å². The average Bonchev–Trinajstić information content (AvgIpc) is 3.38. The van der Waals surface area contributed by atoms with Gasteiger partial charge in [0.05, 0.1) is 12.6 Å². The number of guanidine groups is 1. The number of hydrogen-bond acceptors (Lipinski definition) is 3. The summed E-state index contributed by atoms with van der Waals surface area (Å²) in [6.07, 6.45) is 1.73. The van der Waals surface area contributed by atoms with E-state index < -0.39 is 6.10 Å². The maximum atomic E-state index is 13.2. The molecule has 2 atom stereocenters. The third-order valence-corrected chi connectivity index (χ3v) is 6.25. The number of aliphatic hydroxyl groups is 1. The van der Waals surface area contributed by atoms with Gasteiger partial charge in [0.2, 0.25) is 5.91 Å². The Bertz CT molecular complexity index is 969. The number of hydrogen-bond donors (Lipinski definition) is 2. The van der Waals surface area contributed by atoms with Gasteiger partial charge < -0.3 is 20.2 Å². The Labute approximate surface area is 211 Å². The van der Waals surface area contributed by atoms with Crippen LogP contribution in [0.3, 0.4) is 0 Å². The zero-order valence-electron chi connectivity index (χ0n) is 18.9. The second-order valence-electron chi connectivity index (χ2n) is 8.40. The highest BCUT2D eigenvalue weighted by Crippen LogP contribution is 2.38. The Hall–Kier alpha value is -2.20. The van der Waals surface area contributed by atoms with Gasteiger partial charge in [0, 0.05) is 44.2 Å². The molecule has 0 radical (unpaired) electrons. The van der Waals surface area contributed by atoms with Crippen LogP contribution >= 0.6 is 24.0 Å². The number of fused-ring (bicyclic) bond motifs is 1. The number of carbonyl (C=O) groups excluding carboxylic acids is 1. The number of para-hydroxylation sites is 1. The first-order chi connectivity index (χ1) is 15.6. The minimum absolute atomic E-state index is 0. The van der Waals surface area contributed by atoms with E-state index >= 15 is 0 Å². The van der Waals surface area contributed by atoms with Gasteiger partial charge in [0.1, 0.15) is 5.82 Å². The number of halogens is 2. The first kappa shape index (κ1) is 25.4. The van der Waals surface area contributed by atoms with Crippen LogP contribution in [-0.2, 0) is 4.79 Å². The molecule has 1 amide bonds. The fourth-order valence-electron chi connectivity index (χ4n) is 4.55. The van der Waals surface area contributed by atoms with E-state index in [4.69, 9.17) is 4.99 Å². The lowest BCUT2D eigenvalue weighted by Gasteiger charge is -2.24. The van der Waals surface area contributed by atoms with Crippen molar-refractivity contribution in [2.24, 2.45) is 4.99 Å². The van der Waals surface area contributed by atoms with Crippen LogP contribution < -0.4 is 10.2 Å². The van der Waals surface area contributed by atoms with Crippen LogP contribution in [-0.4, -0.2) is 54.6 Å². The van der Waals surface area contributed by atoms with Gasteiger partial charge in [-0.2, -0.15) is 0 Å². The molecule has 2 aliphatic heterocycles. The average molecular weight is 566 g/mol. The monoisotopic (exact) mass is 566 g/mol. The SMILES string of the molecule is CCNC(=NCC(O)c1ccc(F)cc1)N1CC(CCN2CCCC2=O)c2ccccc21.I. The van der Waals surface area contributed by atoms with Gasteiger partial charge in [-0.3, -0.25) is 4.79 Å². The van der Waals surface area contributed by atoms with Crippen LogP contribution in [0.15, 0.2) is 53.5 Å². The van der Waals surface area contributed by atoms with Crippen molar-refractivity contribution in [2.75, 3.05) is 37.6 Å². The van der Waals surface area contributed by atoms with Crippen molar-refractivity contribution >= 4 is 41.5 Å². The van der Waals surface area contributed by atoms with Crippen LogP contribution in [0.4, 0.5) is 10.1 Å². The number of nitrogens with one attached hydrogen (secondary N) is 1. The Morgan fingerprint density at radius 3 is 2.70 bits per heavy atom. The van der Waals surface area contributed by atoms with Crippen LogP contribution in [0, 0.1) is 5.82 Å². The summed E-state index contributed by atoms with van der Waals surface area (Å²) in [7, 11) is 0. The number of benzene rings is 2. The molecular weight excluding hydrogens is 534 g/mol. The topological polar surface area (TPSA) is 68.2 Å². The van der Waals surface area contributed by atoms with E-state index in [2.05, 4.69) is 28.4 Å². The summed E-state index contributed by atoms with van der Waals surface area (Å²) in [4.78, 5) is 20.9. The number of aliphatic imine (C=N–C) groups is 1. The number of rotatable bonds is 7. The third kappa shape index (κ3) is 6.03. The Kier molecular flexibility index (Phi) is 9.08. The Balaban J connectivity index is 0.00000306. The molecule has 0 saturated carbocycles. The largest absolute Gasteiger partial charge is 0.386 e. The number of anilines is 1. The molecule has 6 nitrogen and oxygen atoms in total. The van der Waals surface area contributed by atoms with Crippen molar-refractivity contribution in [3.05, 3.63) is 65.5 Å². The molecule has 0 bridgehead atoms. The molecule has 1 fully saturated rings. The molecule has 2 N–H and O–H groups in total. The lowest BCUT2D eigenvalue weighted by Crippen LogP contribution is -2.41. The minimum Gasteiger partial charge on any atom is -0.386 e. The first-order valence-electron chi connectivity index (χ1n) is 11.4. The van der Waals surface area contributed by atoms with Crippen molar-refractivity contribution < 1.29 is 14.3 Å². The van der Waals surface area contributed by atoms with Gasteiger partial charge in [-0.05, 0) is 49.1 Å². The van der Waals surface area contributed by atoms with Gasteiger partial charge in [-0.1, -0.05) is 30.3 Å². The fourth-order valence-corrected chi connectivity index (χ4v) is 4.55. The van der Waals surface area contributed by atoms with E-state index in [0.717, 1.165) is 44.1 Å². The number of carbonyl (C=O) groups is 1. The van der Waals surface area contributed by atoms with E-state index in [0.29, 0.717) is 24.4 Å². The normalized spacial score (nSPS) is 18.8. The summed E-state index contributed by atoms with van der Waals surface area (Å²) in [5.74, 6) is 0.970. The van der Waals surface area contributed by atoms with E-state index in [9.17, 15) is 14.3 Å². The molecular formula is C25H32FIN4O2. The second kappa shape index (κ2) is 11.8. The Morgan fingerprint density at radius 2 is 2.00 bits per heavy atom. The maximum Gasteiger partial charge on any atom is 0.222 e. The molecule has 1 saturated heterocycles. The number of likely N-dealkylation sites (tertiary alicyclic amines) is 1. The first-order valence-corrected chi connectivity index (χ1v) is 11.4. The standard InChI is InChI=1S/C25H31FN4O2.HI/c1-2-27-25(28-16-23(31)18-9-11-20(26)12-10-18)30-17-19(21-6-3-4-7-22(21)30)13-15-29-14-5-8-24(29)32;/h3-4,6-7,9-12,19,23,31H,2,5,8,13-17H2,1H3,(H,27,28);1H. The van der Waals surface area contributed by atoms with Crippen molar-refractivity contribution in [2.45, 2.75) is 38.2 Å². The van der Waals surface area contributed by atoms with E-state index in [1.807, 2.05) is 17.9 Å². The summed E-state index contributed by atoms with van der Waals surface area (Å²) in [6, 6.07) is 14.2. The molecule has 4 rings (SSSR count). The van der Waals surface area contributed by atoms with Crippen LogP contribution in [0.1, 0.15) is 49.3 Å². The molecule has 33 heavy (non-hydrogen) atoms. The number of aliphatic hydroxyl groups excluding tert-OH is 1. The molecule has 2 heterocycles. The van der Waals surface area contributed by atoms with Gasteiger partial charge in [0.25, 0.3) is 0 Å². The third-order valence-electron chi connectivity index (χ3n) is 6.25. The maximum absolute atomic E-state index is 13.2. The van der Waals surface area contributed by atoms with Gasteiger partial charge >= 0.3 is 0 Å². The predicted molar refractivity (Wildman–Crippen MR) is 140 cm³/mol. The molecule has 2 aliphatic rings. The van der Waals surface area contributed by atoms with Crippen molar-refractivity contribution in [1.29, 1.82) is 0 Å². The molecule has 178 valence electrons. The molecule has 2 aromatic rings. The summed E-state index contributed by atoms with van der Waals surface area (Å²) in [5, 5.41) is 13.9. The number of amides is 1. The zero-order valence-corrected chi connectivity index (χ0v) is 21.2. The van der Waals surface area contributed by atoms with E-state index in [1.165, 1.54) is 17.7 Å². The van der Waals surface area contributed by atoms with Crippen molar-refractivity contribution in [3.63, 3.8) is 0 Å². The quantitative estimate of drug-likeness (QED) is 0.302. The van der Waals surface area contributed by atoms with E-state index in [-0.39, 0.29) is 42.2 Å². The molecule has 0 spiro atoms. The Morgan fingerprint density at radius 1 is 1.24 bits per heavy atom. The summed E-state index contributed by atoms with van der Waals surface area (Å²) in [5.41, 5.74) is 3.02. The lowest BCUT2D eigenvalue weighted by molar-refractivity contribution is -0.127. The molecule has 8 heteroatoms. The van der Waals surface area contributed by atoms with Crippen LogP contribution in [0.5, 0.6) is 0 Å². The molecule has 2 unspecified atom stereocenters. The fraction of sp³-hybridized carbons (Fsp3) is 0.440. The number of nitrogens with zero attached hydrogens (tertiary/aromatic N) is 3. The van der Waals surface area contributed by atoms with Crippen molar-refractivity contribution in [1.82, 2.24) is 10.2 Å². The minimum atomic E-state index is -0.806. The molecule has 2 aromatic carbocycles. The highest BCUT2D eigenvalue weighted by molar-refractivity contribution is 14.0. The smallest absolute Gasteiger partial charge is 0.222 e. The summed E-state index contributed by atoms with van der Waals surface area (Å²) < 4.78 is 13.2. The summed E-state index contributed by atoms with van der Waals surface area (Å²) >= 11 is 0. The predicted octanol–water partition coefficient (Wildman–Crippen LogP) is 4.06. The van der Waals surface area contributed by atoms with E-state index in [1.54, 1.807) is 12.1 Å². The lowest BCUT2D eigenvalue weighted by atomic mass is 9.98. The zero-order chi connectivity index (χ0) is 22.5. The second-order valence-corrected chi connectivity index (χ2v) is 8.40. The molecule has 0 aromatic heterocycles. The van der Waals surface area contributed by atoms with Crippen LogP contribution in [0.25, 0.3) is 0 Å². The van der Waals surface area contributed by atoms with Crippen LogP contribution in [0.2, 0.25) is 0 Å². The van der Waals surface area contributed by atoms with Gasteiger partial charge in [-0.25, -0.2) is 9.38 Å². The molecule has 0 aliphatic carbocycles. The highest BCUT2D eigenvalue weighted by atomic mass is 127. The summed E-state index contributed by atoms with van der Waals surface area (Å²) in [6.45, 7) is 5.33.